The van der Waals surface area contributed by atoms with E-state index in [1.54, 1.807) is 27.5 Å². The summed E-state index contributed by atoms with van der Waals surface area (Å²) in [6, 6.07) is 5.55. The van der Waals surface area contributed by atoms with Crippen LogP contribution in [0.1, 0.15) is 0 Å². The largest absolute Gasteiger partial charge is 0.497 e. The van der Waals surface area contributed by atoms with E-state index in [-0.39, 0.29) is 5.91 Å². The van der Waals surface area contributed by atoms with Crippen molar-refractivity contribution in [1.29, 1.82) is 0 Å². The van der Waals surface area contributed by atoms with Crippen molar-refractivity contribution in [2.24, 2.45) is 0 Å². The number of ether oxygens (including phenoxy) is 2. The van der Waals surface area contributed by atoms with Gasteiger partial charge in [-0.2, -0.15) is 0 Å². The summed E-state index contributed by atoms with van der Waals surface area (Å²) in [7, 11) is 4.82. The van der Waals surface area contributed by atoms with Crippen LogP contribution in [0.15, 0.2) is 35.7 Å². The lowest BCUT2D eigenvalue weighted by molar-refractivity contribution is -0.118. The minimum Gasteiger partial charge on any atom is -0.497 e. The van der Waals surface area contributed by atoms with Crippen LogP contribution in [-0.2, 0) is 4.79 Å². The SMILES string of the molecule is CNC(=O)CSc1nccn1-c1ccc(OC)cc1OC. The maximum absolute atomic E-state index is 11.4. The number of aromatic nitrogens is 2. The second-order valence-corrected chi connectivity index (χ2v) is 5.02. The van der Waals surface area contributed by atoms with Crippen molar-refractivity contribution in [3.05, 3.63) is 30.6 Å². The fourth-order valence-corrected chi connectivity index (χ4v) is 2.60. The first kappa shape index (κ1) is 15.2. The van der Waals surface area contributed by atoms with E-state index in [2.05, 4.69) is 10.3 Å². The molecule has 7 heteroatoms. The van der Waals surface area contributed by atoms with Crippen LogP contribution < -0.4 is 14.8 Å². The summed E-state index contributed by atoms with van der Waals surface area (Å²) in [5, 5.41) is 3.31. The Morgan fingerprint density at radius 2 is 2.19 bits per heavy atom. The Morgan fingerprint density at radius 1 is 1.38 bits per heavy atom. The van der Waals surface area contributed by atoms with Crippen molar-refractivity contribution < 1.29 is 14.3 Å². The molecule has 0 aliphatic carbocycles. The Balaban J connectivity index is 2.30. The smallest absolute Gasteiger partial charge is 0.230 e. The molecular weight excluding hydrogens is 290 g/mol. The Morgan fingerprint density at radius 3 is 2.86 bits per heavy atom. The highest BCUT2D eigenvalue weighted by atomic mass is 32.2. The second kappa shape index (κ2) is 7.03. The van der Waals surface area contributed by atoms with Gasteiger partial charge in [-0.25, -0.2) is 4.98 Å². The average molecular weight is 307 g/mol. The molecule has 0 spiro atoms. The van der Waals surface area contributed by atoms with Crippen molar-refractivity contribution in [3.8, 4) is 17.2 Å². The summed E-state index contributed by atoms with van der Waals surface area (Å²) in [6.45, 7) is 0. The summed E-state index contributed by atoms with van der Waals surface area (Å²) in [6.07, 6.45) is 3.52. The number of carbonyl (C=O) groups excluding carboxylic acids is 1. The number of rotatable bonds is 6. The number of nitrogens with one attached hydrogen (secondary N) is 1. The van der Waals surface area contributed by atoms with Crippen LogP contribution >= 0.6 is 11.8 Å². The zero-order chi connectivity index (χ0) is 15.2. The number of thioether (sulfide) groups is 1. The van der Waals surface area contributed by atoms with Crippen molar-refractivity contribution in [2.75, 3.05) is 27.0 Å². The lowest BCUT2D eigenvalue weighted by Crippen LogP contribution is -2.20. The van der Waals surface area contributed by atoms with Gasteiger partial charge in [0.1, 0.15) is 11.5 Å². The minimum absolute atomic E-state index is 0.0451. The highest BCUT2D eigenvalue weighted by Gasteiger charge is 2.12. The van der Waals surface area contributed by atoms with Gasteiger partial charge < -0.3 is 14.8 Å². The number of amides is 1. The molecule has 1 aromatic heterocycles. The van der Waals surface area contributed by atoms with E-state index in [1.807, 2.05) is 29.0 Å². The normalized spacial score (nSPS) is 10.2. The molecule has 0 radical (unpaired) electrons. The van der Waals surface area contributed by atoms with Gasteiger partial charge in [-0.15, -0.1) is 0 Å². The van der Waals surface area contributed by atoms with Crippen LogP contribution in [0.3, 0.4) is 0 Å². The molecule has 0 aliphatic rings. The number of methoxy groups -OCH3 is 2. The first-order valence-electron chi connectivity index (χ1n) is 6.28. The Kier molecular flexibility index (Phi) is 5.10. The number of imidazole rings is 1. The summed E-state index contributed by atoms with van der Waals surface area (Å²) in [5.74, 6) is 1.66. The molecule has 6 nitrogen and oxygen atoms in total. The first-order chi connectivity index (χ1) is 10.2. The highest BCUT2D eigenvalue weighted by molar-refractivity contribution is 7.99. The van der Waals surface area contributed by atoms with E-state index >= 15 is 0 Å². The van der Waals surface area contributed by atoms with E-state index in [4.69, 9.17) is 9.47 Å². The molecule has 2 rings (SSSR count). The molecular formula is C14H17N3O3S. The zero-order valence-electron chi connectivity index (χ0n) is 12.1. The molecule has 0 unspecified atom stereocenters. The van der Waals surface area contributed by atoms with Gasteiger partial charge in [0.2, 0.25) is 5.91 Å². The maximum Gasteiger partial charge on any atom is 0.230 e. The number of hydrogen-bond donors (Lipinski definition) is 1. The molecule has 0 fully saturated rings. The van der Waals surface area contributed by atoms with Gasteiger partial charge in [0.25, 0.3) is 0 Å². The number of nitrogens with zero attached hydrogens (tertiary/aromatic N) is 2. The lowest BCUT2D eigenvalue weighted by Gasteiger charge is -2.13. The van der Waals surface area contributed by atoms with Gasteiger partial charge in [-0.1, -0.05) is 11.8 Å². The summed E-state index contributed by atoms with van der Waals surface area (Å²) < 4.78 is 12.5. The molecule has 0 saturated heterocycles. The third kappa shape index (κ3) is 3.49. The summed E-state index contributed by atoms with van der Waals surface area (Å²) >= 11 is 1.36. The van der Waals surface area contributed by atoms with Crippen LogP contribution in [0.4, 0.5) is 0 Å². The highest BCUT2D eigenvalue weighted by Crippen LogP contribution is 2.30. The Hall–Kier alpha value is -2.15. The van der Waals surface area contributed by atoms with Gasteiger partial charge in [0.15, 0.2) is 5.16 Å². The molecule has 0 aliphatic heterocycles. The number of hydrogen-bond acceptors (Lipinski definition) is 5. The molecule has 1 aromatic carbocycles. The van der Waals surface area contributed by atoms with Crippen molar-refractivity contribution in [1.82, 2.24) is 14.9 Å². The number of carbonyl (C=O) groups is 1. The van der Waals surface area contributed by atoms with E-state index in [0.717, 1.165) is 16.6 Å². The molecule has 1 heterocycles. The van der Waals surface area contributed by atoms with Crippen LogP contribution in [0.2, 0.25) is 0 Å². The molecule has 0 atom stereocenters. The third-order valence-corrected chi connectivity index (χ3v) is 3.83. The summed E-state index contributed by atoms with van der Waals surface area (Å²) in [5.41, 5.74) is 0.843. The molecule has 1 N–H and O–H groups in total. The minimum atomic E-state index is -0.0451. The van der Waals surface area contributed by atoms with Gasteiger partial charge in [-0.3, -0.25) is 9.36 Å². The van der Waals surface area contributed by atoms with E-state index in [1.165, 1.54) is 11.8 Å². The first-order valence-corrected chi connectivity index (χ1v) is 7.27. The predicted molar refractivity (Wildman–Crippen MR) is 81.5 cm³/mol. The van der Waals surface area contributed by atoms with Gasteiger partial charge in [0, 0.05) is 25.5 Å². The molecule has 21 heavy (non-hydrogen) atoms. The molecule has 2 aromatic rings. The maximum atomic E-state index is 11.4. The van der Waals surface area contributed by atoms with Gasteiger partial charge in [-0.05, 0) is 12.1 Å². The quantitative estimate of drug-likeness (QED) is 0.823. The second-order valence-electron chi connectivity index (χ2n) is 4.08. The van der Waals surface area contributed by atoms with Crippen molar-refractivity contribution >= 4 is 17.7 Å². The predicted octanol–water partition coefficient (Wildman–Crippen LogP) is 1.73. The van der Waals surface area contributed by atoms with Gasteiger partial charge >= 0.3 is 0 Å². The fourth-order valence-electron chi connectivity index (χ4n) is 1.77. The number of benzene rings is 1. The Bertz CT molecular complexity index is 628. The van der Waals surface area contributed by atoms with Crippen molar-refractivity contribution in [2.45, 2.75) is 5.16 Å². The van der Waals surface area contributed by atoms with Gasteiger partial charge in [0.05, 0.1) is 25.7 Å². The van der Waals surface area contributed by atoms with E-state index in [9.17, 15) is 4.79 Å². The van der Waals surface area contributed by atoms with Crippen LogP contribution in [0.5, 0.6) is 11.5 Å². The van der Waals surface area contributed by atoms with E-state index in [0.29, 0.717) is 11.5 Å². The standard InChI is InChI=1S/C14H17N3O3S/c1-15-13(18)9-21-14-16-6-7-17(14)11-5-4-10(19-2)8-12(11)20-3/h4-8H,9H2,1-3H3,(H,15,18). The molecule has 1 amide bonds. The average Bonchev–Trinajstić information content (AvgIpc) is 3.00. The van der Waals surface area contributed by atoms with Crippen LogP contribution in [-0.4, -0.2) is 42.5 Å². The molecule has 112 valence electrons. The van der Waals surface area contributed by atoms with Crippen LogP contribution in [0, 0.1) is 0 Å². The Labute approximate surface area is 127 Å². The van der Waals surface area contributed by atoms with E-state index < -0.39 is 0 Å². The van der Waals surface area contributed by atoms with Crippen LogP contribution in [0.25, 0.3) is 5.69 Å². The monoisotopic (exact) mass is 307 g/mol. The lowest BCUT2D eigenvalue weighted by atomic mass is 10.2. The molecule has 0 saturated carbocycles. The molecule has 0 bridgehead atoms. The zero-order valence-corrected chi connectivity index (χ0v) is 12.9. The summed E-state index contributed by atoms with van der Waals surface area (Å²) in [4.78, 5) is 15.6. The van der Waals surface area contributed by atoms with Crippen molar-refractivity contribution in [3.63, 3.8) is 0 Å². The third-order valence-electron chi connectivity index (χ3n) is 2.86. The topological polar surface area (TPSA) is 65.4 Å². The fraction of sp³-hybridized carbons (Fsp3) is 0.286.